The molecule has 0 bridgehead atoms. The van der Waals surface area contributed by atoms with E-state index in [1.165, 1.54) is 38.5 Å². The summed E-state index contributed by atoms with van der Waals surface area (Å²) in [5, 5.41) is 3.20. The van der Waals surface area contributed by atoms with Gasteiger partial charge in [-0.1, -0.05) is 24.4 Å². The van der Waals surface area contributed by atoms with Crippen LogP contribution in [0.4, 0.5) is 5.69 Å². The van der Waals surface area contributed by atoms with Crippen molar-refractivity contribution in [1.82, 2.24) is 0 Å². The Hall–Kier alpha value is -2.25. The van der Waals surface area contributed by atoms with Gasteiger partial charge in [0.15, 0.2) is 26.1 Å². The average molecular weight is 424 g/mol. The van der Waals surface area contributed by atoms with E-state index in [-0.39, 0.29) is 17.7 Å². The highest BCUT2D eigenvalue weighted by Crippen LogP contribution is 2.42. The van der Waals surface area contributed by atoms with Crippen LogP contribution in [0.3, 0.4) is 0 Å². The molecule has 8 heteroatoms. The van der Waals surface area contributed by atoms with Gasteiger partial charge in [-0.25, -0.2) is 8.42 Å². The van der Waals surface area contributed by atoms with Crippen LogP contribution in [-0.2, 0) is 14.6 Å². The highest BCUT2D eigenvalue weighted by molar-refractivity contribution is 7.93. The minimum atomic E-state index is -3.89. The second kappa shape index (κ2) is 8.01. The van der Waals surface area contributed by atoms with E-state index in [2.05, 4.69) is 5.32 Å². The van der Waals surface area contributed by atoms with E-state index in [9.17, 15) is 13.2 Å². The molecule has 28 heavy (non-hydrogen) atoms. The minimum Gasteiger partial charge on any atom is -0.493 e. The number of rotatable bonds is 6. The lowest BCUT2D eigenvalue weighted by molar-refractivity contribution is -0.118. The summed E-state index contributed by atoms with van der Waals surface area (Å²) < 4.78 is 35.7. The van der Waals surface area contributed by atoms with E-state index >= 15 is 0 Å². The van der Waals surface area contributed by atoms with Crippen LogP contribution in [0.2, 0.25) is 5.02 Å². The summed E-state index contributed by atoms with van der Waals surface area (Å²) >= 11 is 5.88. The van der Waals surface area contributed by atoms with Crippen molar-refractivity contribution in [2.75, 3.05) is 19.5 Å². The van der Waals surface area contributed by atoms with Crippen molar-refractivity contribution >= 4 is 33.0 Å². The zero-order valence-electron chi connectivity index (χ0n) is 15.7. The molecule has 1 N–H and O–H groups in total. The van der Waals surface area contributed by atoms with Gasteiger partial charge in [0.2, 0.25) is 5.91 Å². The summed E-state index contributed by atoms with van der Waals surface area (Å²) in [6.45, 7) is 0. The number of ether oxygens (including phenoxy) is 2. The maximum Gasteiger partial charge on any atom is 0.246 e. The molecule has 1 aliphatic carbocycles. The van der Waals surface area contributed by atoms with E-state index in [4.69, 9.17) is 21.1 Å². The van der Waals surface area contributed by atoms with E-state index in [0.29, 0.717) is 35.1 Å². The smallest absolute Gasteiger partial charge is 0.246 e. The summed E-state index contributed by atoms with van der Waals surface area (Å²) in [4.78, 5) is 13.3. The Morgan fingerprint density at radius 1 is 1.00 bits per heavy atom. The van der Waals surface area contributed by atoms with Crippen molar-refractivity contribution < 1.29 is 22.7 Å². The molecule has 0 aromatic heterocycles. The summed E-state index contributed by atoms with van der Waals surface area (Å²) in [6, 6.07) is 10.8. The molecule has 1 amide bonds. The number of benzene rings is 2. The Labute approximate surface area is 169 Å². The zero-order chi connectivity index (χ0) is 20.4. The topological polar surface area (TPSA) is 81.7 Å². The van der Waals surface area contributed by atoms with Crippen LogP contribution in [0, 0.1) is 0 Å². The molecule has 1 saturated carbocycles. The monoisotopic (exact) mass is 423 g/mol. The molecule has 2 aromatic carbocycles. The number of hydrogen-bond acceptors (Lipinski definition) is 5. The molecule has 3 rings (SSSR count). The normalized spacial score (nSPS) is 15.8. The van der Waals surface area contributed by atoms with Crippen LogP contribution in [0.5, 0.6) is 11.5 Å². The van der Waals surface area contributed by atoms with Crippen LogP contribution < -0.4 is 14.8 Å². The molecule has 0 heterocycles. The van der Waals surface area contributed by atoms with Crippen LogP contribution in [0.15, 0.2) is 47.4 Å². The van der Waals surface area contributed by atoms with Gasteiger partial charge in [0.25, 0.3) is 0 Å². The number of halogens is 1. The lowest BCUT2D eigenvalue weighted by Gasteiger charge is -2.27. The van der Waals surface area contributed by atoms with Gasteiger partial charge in [-0.3, -0.25) is 4.79 Å². The molecule has 0 aliphatic heterocycles. The van der Waals surface area contributed by atoms with Gasteiger partial charge in [-0.2, -0.15) is 0 Å². The lowest BCUT2D eigenvalue weighted by atomic mass is 10.1. The molecule has 6 nitrogen and oxygen atoms in total. The van der Waals surface area contributed by atoms with Gasteiger partial charge in [0.1, 0.15) is 0 Å². The first-order valence-corrected chi connectivity index (χ1v) is 10.7. The van der Waals surface area contributed by atoms with E-state index < -0.39 is 20.5 Å². The number of methoxy groups -OCH3 is 2. The second-order valence-corrected chi connectivity index (χ2v) is 9.38. The molecule has 0 unspecified atom stereocenters. The molecule has 0 atom stereocenters. The Kier molecular flexibility index (Phi) is 5.86. The molecule has 1 aliphatic rings. The van der Waals surface area contributed by atoms with E-state index in [1.807, 2.05) is 0 Å². The summed E-state index contributed by atoms with van der Waals surface area (Å²) in [5.41, 5.74) is 0.445. The van der Waals surface area contributed by atoms with Gasteiger partial charge in [0.05, 0.1) is 19.1 Å². The largest absolute Gasteiger partial charge is 0.493 e. The van der Waals surface area contributed by atoms with Crippen molar-refractivity contribution in [2.24, 2.45) is 0 Å². The number of anilines is 1. The van der Waals surface area contributed by atoms with Crippen LogP contribution in [-0.4, -0.2) is 33.3 Å². The first kappa shape index (κ1) is 20.5. The third-order valence-corrected chi connectivity index (χ3v) is 7.87. The van der Waals surface area contributed by atoms with Gasteiger partial charge in [0, 0.05) is 16.8 Å². The number of carbonyl (C=O) groups is 1. The maximum atomic E-state index is 13.4. The molecule has 0 spiro atoms. The maximum absolute atomic E-state index is 13.4. The average Bonchev–Trinajstić information content (AvgIpc) is 3.20. The molecule has 1 fully saturated rings. The van der Waals surface area contributed by atoms with E-state index in [1.54, 1.807) is 18.2 Å². The standard InChI is InChI=1S/C20H22ClNO5S/c1-26-17-10-7-15(13-18(17)27-2)22-19(23)20(11-3-4-12-20)28(24,25)16-8-5-14(21)6-9-16/h5-10,13H,3-4,11-12H2,1-2H3,(H,22,23). The lowest BCUT2D eigenvalue weighted by Crippen LogP contribution is -2.47. The number of hydrogen-bond donors (Lipinski definition) is 1. The quantitative estimate of drug-likeness (QED) is 0.756. The molecule has 0 radical (unpaired) electrons. The van der Waals surface area contributed by atoms with Gasteiger partial charge in [-0.05, 0) is 49.2 Å². The van der Waals surface area contributed by atoms with Crippen molar-refractivity contribution in [3.05, 3.63) is 47.5 Å². The van der Waals surface area contributed by atoms with Crippen molar-refractivity contribution in [3.8, 4) is 11.5 Å². The van der Waals surface area contributed by atoms with Gasteiger partial charge in [-0.15, -0.1) is 0 Å². The predicted molar refractivity (Wildman–Crippen MR) is 108 cm³/mol. The SMILES string of the molecule is COc1ccc(NC(=O)C2(S(=O)(=O)c3ccc(Cl)cc3)CCCC2)cc1OC. The summed E-state index contributed by atoms with van der Waals surface area (Å²) in [6.07, 6.45) is 1.90. The summed E-state index contributed by atoms with van der Waals surface area (Å²) in [5.74, 6) is 0.429. The predicted octanol–water partition coefficient (Wildman–Crippen LogP) is 4.08. The summed E-state index contributed by atoms with van der Waals surface area (Å²) in [7, 11) is -0.882. The van der Waals surface area contributed by atoms with Gasteiger partial charge < -0.3 is 14.8 Å². The zero-order valence-corrected chi connectivity index (χ0v) is 17.3. The first-order chi connectivity index (χ1) is 13.3. The molecule has 150 valence electrons. The number of carbonyl (C=O) groups excluding carboxylic acids is 1. The molecular formula is C20H22ClNO5S. The fourth-order valence-electron chi connectivity index (χ4n) is 3.56. The van der Waals surface area contributed by atoms with Gasteiger partial charge >= 0.3 is 0 Å². The number of nitrogens with one attached hydrogen (secondary N) is 1. The van der Waals surface area contributed by atoms with Crippen molar-refractivity contribution in [3.63, 3.8) is 0 Å². The Morgan fingerprint density at radius 3 is 2.18 bits per heavy atom. The second-order valence-electron chi connectivity index (χ2n) is 6.68. The van der Waals surface area contributed by atoms with Crippen molar-refractivity contribution in [2.45, 2.75) is 35.3 Å². The minimum absolute atomic E-state index is 0.0984. The van der Waals surface area contributed by atoms with Crippen LogP contribution >= 0.6 is 11.6 Å². The number of sulfone groups is 1. The Morgan fingerprint density at radius 2 is 1.61 bits per heavy atom. The van der Waals surface area contributed by atoms with Crippen molar-refractivity contribution in [1.29, 1.82) is 0 Å². The molecule has 2 aromatic rings. The number of amides is 1. The highest BCUT2D eigenvalue weighted by atomic mass is 35.5. The molecule has 0 saturated heterocycles. The Bertz CT molecular complexity index is 967. The van der Waals surface area contributed by atoms with E-state index in [0.717, 1.165) is 0 Å². The third kappa shape index (κ3) is 3.56. The first-order valence-electron chi connectivity index (χ1n) is 8.88. The highest BCUT2D eigenvalue weighted by Gasteiger charge is 2.53. The molecular weight excluding hydrogens is 402 g/mol. The Balaban J connectivity index is 1.95. The fourth-order valence-corrected chi connectivity index (χ4v) is 5.76. The third-order valence-electron chi connectivity index (χ3n) is 5.10. The fraction of sp³-hybridized carbons (Fsp3) is 0.350. The van der Waals surface area contributed by atoms with Crippen LogP contribution in [0.1, 0.15) is 25.7 Å². The van der Waals surface area contributed by atoms with Crippen LogP contribution in [0.25, 0.3) is 0 Å².